The SMILES string of the molecule is CN1CCN(C2(CN)CCC(C(F)(F)F)CC2)CC1(C)C. The Kier molecular flexibility index (Phi) is 4.63. The fraction of sp³-hybridized carbons (Fsp3) is 1.00. The highest BCUT2D eigenvalue weighted by atomic mass is 19.4. The molecule has 0 aromatic rings. The molecule has 0 amide bonds. The highest BCUT2D eigenvalue weighted by Crippen LogP contribution is 2.44. The number of alkyl halides is 3. The molecule has 2 rings (SSSR count). The predicted molar refractivity (Wildman–Crippen MR) is 78.1 cm³/mol. The minimum Gasteiger partial charge on any atom is -0.329 e. The van der Waals surface area contributed by atoms with Crippen LogP contribution in [0.15, 0.2) is 0 Å². The average Bonchev–Trinajstić information content (AvgIpc) is 2.41. The predicted octanol–water partition coefficient (Wildman–Crippen LogP) is 2.46. The second-order valence-electron chi connectivity index (χ2n) is 7.40. The van der Waals surface area contributed by atoms with Crippen molar-refractivity contribution in [3.63, 3.8) is 0 Å². The molecule has 124 valence electrons. The zero-order valence-corrected chi connectivity index (χ0v) is 13.3. The third-order valence-corrected chi connectivity index (χ3v) is 5.75. The maximum absolute atomic E-state index is 12.9. The van der Waals surface area contributed by atoms with Gasteiger partial charge in [0.15, 0.2) is 0 Å². The Morgan fingerprint density at radius 2 is 1.71 bits per heavy atom. The summed E-state index contributed by atoms with van der Waals surface area (Å²) < 4.78 is 38.6. The Morgan fingerprint density at radius 1 is 1.14 bits per heavy atom. The van der Waals surface area contributed by atoms with Crippen LogP contribution in [0.3, 0.4) is 0 Å². The third kappa shape index (κ3) is 3.37. The molecule has 0 bridgehead atoms. The maximum Gasteiger partial charge on any atom is 0.391 e. The summed E-state index contributed by atoms with van der Waals surface area (Å²) in [5.41, 5.74) is 5.82. The van der Waals surface area contributed by atoms with Gasteiger partial charge < -0.3 is 5.73 Å². The zero-order chi connectivity index (χ0) is 15.9. The number of likely N-dealkylation sites (N-methyl/N-ethyl adjacent to an activating group) is 1. The van der Waals surface area contributed by atoms with Crippen LogP contribution >= 0.6 is 0 Å². The lowest BCUT2D eigenvalue weighted by Crippen LogP contribution is -2.66. The van der Waals surface area contributed by atoms with Gasteiger partial charge in [0.25, 0.3) is 0 Å². The monoisotopic (exact) mass is 307 g/mol. The van der Waals surface area contributed by atoms with Gasteiger partial charge in [0, 0.05) is 37.3 Å². The maximum atomic E-state index is 12.9. The molecule has 0 atom stereocenters. The molecule has 1 aliphatic carbocycles. The number of rotatable bonds is 2. The van der Waals surface area contributed by atoms with E-state index in [4.69, 9.17) is 5.73 Å². The largest absolute Gasteiger partial charge is 0.391 e. The van der Waals surface area contributed by atoms with Crippen LogP contribution in [0.4, 0.5) is 13.2 Å². The van der Waals surface area contributed by atoms with Crippen molar-refractivity contribution in [2.45, 2.75) is 56.8 Å². The first-order valence-corrected chi connectivity index (χ1v) is 7.84. The first-order chi connectivity index (χ1) is 9.61. The molecule has 2 aliphatic rings. The summed E-state index contributed by atoms with van der Waals surface area (Å²) in [6, 6.07) is 0. The van der Waals surface area contributed by atoms with Crippen molar-refractivity contribution in [1.82, 2.24) is 9.80 Å². The third-order valence-electron chi connectivity index (χ3n) is 5.75. The highest BCUT2D eigenvalue weighted by Gasteiger charge is 2.49. The van der Waals surface area contributed by atoms with E-state index in [0.29, 0.717) is 19.4 Å². The summed E-state index contributed by atoms with van der Waals surface area (Å²) in [7, 11) is 2.10. The van der Waals surface area contributed by atoms with Crippen molar-refractivity contribution in [1.29, 1.82) is 0 Å². The van der Waals surface area contributed by atoms with Crippen LogP contribution in [0.2, 0.25) is 0 Å². The average molecular weight is 307 g/mol. The Bertz CT molecular complexity index is 360. The van der Waals surface area contributed by atoms with Crippen LogP contribution in [0.1, 0.15) is 39.5 Å². The van der Waals surface area contributed by atoms with E-state index >= 15 is 0 Å². The lowest BCUT2D eigenvalue weighted by atomic mass is 9.74. The van der Waals surface area contributed by atoms with E-state index in [9.17, 15) is 13.2 Å². The minimum atomic E-state index is -4.05. The van der Waals surface area contributed by atoms with Crippen molar-refractivity contribution in [3.8, 4) is 0 Å². The zero-order valence-electron chi connectivity index (χ0n) is 13.3. The van der Waals surface area contributed by atoms with Gasteiger partial charge in [-0.05, 0) is 46.6 Å². The molecule has 1 saturated heterocycles. The molecule has 2 N–H and O–H groups in total. The van der Waals surface area contributed by atoms with Crippen molar-refractivity contribution >= 4 is 0 Å². The topological polar surface area (TPSA) is 32.5 Å². The molecule has 3 nitrogen and oxygen atoms in total. The molecular formula is C15H28F3N3. The van der Waals surface area contributed by atoms with Gasteiger partial charge in [-0.1, -0.05) is 0 Å². The smallest absolute Gasteiger partial charge is 0.329 e. The molecule has 0 unspecified atom stereocenters. The van der Waals surface area contributed by atoms with Crippen molar-refractivity contribution < 1.29 is 13.2 Å². The van der Waals surface area contributed by atoms with Gasteiger partial charge in [0.2, 0.25) is 0 Å². The first-order valence-electron chi connectivity index (χ1n) is 7.84. The highest BCUT2D eigenvalue weighted by molar-refractivity contribution is 5.01. The molecule has 6 heteroatoms. The molecular weight excluding hydrogens is 279 g/mol. The molecule has 21 heavy (non-hydrogen) atoms. The van der Waals surface area contributed by atoms with Crippen molar-refractivity contribution in [3.05, 3.63) is 0 Å². The lowest BCUT2D eigenvalue weighted by molar-refractivity contribution is -0.190. The summed E-state index contributed by atoms with van der Waals surface area (Å²) in [4.78, 5) is 4.68. The van der Waals surface area contributed by atoms with Gasteiger partial charge in [-0.25, -0.2) is 0 Å². The number of nitrogens with two attached hydrogens (primary N) is 1. The number of piperazine rings is 1. The lowest BCUT2D eigenvalue weighted by Gasteiger charge is -2.55. The summed E-state index contributed by atoms with van der Waals surface area (Å²) in [5, 5.41) is 0. The Hall–Kier alpha value is -0.330. The van der Waals surface area contributed by atoms with E-state index in [-0.39, 0.29) is 23.9 Å². The molecule has 0 aromatic heterocycles. The summed E-state index contributed by atoms with van der Waals surface area (Å²) >= 11 is 0. The first kappa shape index (κ1) is 17.0. The van der Waals surface area contributed by atoms with Crippen LogP contribution in [-0.4, -0.2) is 60.3 Å². The van der Waals surface area contributed by atoms with E-state index in [2.05, 4.69) is 30.7 Å². The fourth-order valence-electron chi connectivity index (χ4n) is 3.78. The van der Waals surface area contributed by atoms with Crippen molar-refractivity contribution in [2.24, 2.45) is 11.7 Å². The molecule has 0 spiro atoms. The Balaban J connectivity index is 2.07. The summed E-state index contributed by atoms with van der Waals surface area (Å²) in [6.45, 7) is 7.54. The van der Waals surface area contributed by atoms with Gasteiger partial charge in [0.05, 0.1) is 5.92 Å². The fourth-order valence-corrected chi connectivity index (χ4v) is 3.78. The number of hydrogen-bond acceptors (Lipinski definition) is 3. The van der Waals surface area contributed by atoms with Gasteiger partial charge >= 0.3 is 6.18 Å². The van der Waals surface area contributed by atoms with E-state index < -0.39 is 12.1 Å². The van der Waals surface area contributed by atoms with E-state index in [1.54, 1.807) is 0 Å². The van der Waals surface area contributed by atoms with Crippen LogP contribution in [0.25, 0.3) is 0 Å². The van der Waals surface area contributed by atoms with Crippen LogP contribution < -0.4 is 5.73 Å². The molecule has 1 heterocycles. The molecule has 2 fully saturated rings. The summed E-state index contributed by atoms with van der Waals surface area (Å²) in [5.74, 6) is -1.14. The van der Waals surface area contributed by atoms with Crippen LogP contribution in [0, 0.1) is 5.92 Å². The second kappa shape index (κ2) is 5.70. The normalized spacial score (nSPS) is 35.9. The van der Waals surface area contributed by atoms with E-state index in [0.717, 1.165) is 19.6 Å². The van der Waals surface area contributed by atoms with E-state index in [1.165, 1.54) is 0 Å². The Morgan fingerprint density at radius 3 is 2.14 bits per heavy atom. The van der Waals surface area contributed by atoms with Gasteiger partial charge in [-0.3, -0.25) is 9.80 Å². The van der Waals surface area contributed by atoms with Crippen LogP contribution in [0.5, 0.6) is 0 Å². The van der Waals surface area contributed by atoms with Crippen molar-refractivity contribution in [2.75, 3.05) is 33.2 Å². The van der Waals surface area contributed by atoms with Gasteiger partial charge in [-0.2, -0.15) is 13.2 Å². The van der Waals surface area contributed by atoms with Gasteiger partial charge in [0.1, 0.15) is 0 Å². The number of nitrogens with zero attached hydrogens (tertiary/aromatic N) is 2. The molecule has 0 radical (unpaired) electrons. The molecule has 1 aliphatic heterocycles. The van der Waals surface area contributed by atoms with E-state index in [1.807, 2.05) is 0 Å². The second-order valence-corrected chi connectivity index (χ2v) is 7.40. The number of hydrogen-bond donors (Lipinski definition) is 1. The molecule has 1 saturated carbocycles. The minimum absolute atomic E-state index is 0.0430. The van der Waals surface area contributed by atoms with Crippen LogP contribution in [-0.2, 0) is 0 Å². The molecule has 0 aromatic carbocycles. The standard InChI is InChI=1S/C15H28F3N3/c1-13(2)11-21(9-8-20(13)3)14(10-19)6-4-12(5-7-14)15(16,17)18/h12H,4-11,19H2,1-3H3. The van der Waals surface area contributed by atoms with Gasteiger partial charge in [-0.15, -0.1) is 0 Å². The summed E-state index contributed by atoms with van der Waals surface area (Å²) in [6.07, 6.45) is -2.50. The quantitative estimate of drug-likeness (QED) is 0.850. The number of halogens is 3. The Labute approximate surface area is 125 Å².